The van der Waals surface area contributed by atoms with Crippen LogP contribution in [0.15, 0.2) is 18.2 Å². The molecule has 2 fully saturated rings. The van der Waals surface area contributed by atoms with Crippen molar-refractivity contribution in [2.45, 2.75) is 52.5 Å². The first-order valence-electron chi connectivity index (χ1n) is 10.9. The quantitative estimate of drug-likeness (QED) is 0.673. The van der Waals surface area contributed by atoms with Gasteiger partial charge >= 0.3 is 0 Å². The summed E-state index contributed by atoms with van der Waals surface area (Å²) in [4.78, 5) is 32.3. The van der Waals surface area contributed by atoms with E-state index in [2.05, 4.69) is 25.7 Å². The van der Waals surface area contributed by atoms with Crippen LogP contribution in [0.1, 0.15) is 45.6 Å². The summed E-state index contributed by atoms with van der Waals surface area (Å²) in [7, 11) is 0. The molecule has 2 amide bonds. The predicted molar refractivity (Wildman–Crippen MR) is 122 cm³/mol. The lowest BCUT2D eigenvalue weighted by molar-refractivity contribution is -0.144. The molecule has 7 heteroatoms. The molecule has 166 valence electrons. The number of hydrogen-bond donors (Lipinski definition) is 0. The van der Waals surface area contributed by atoms with E-state index in [1.54, 1.807) is 12.1 Å². The van der Waals surface area contributed by atoms with Crippen LogP contribution in [0.3, 0.4) is 0 Å². The van der Waals surface area contributed by atoms with E-state index in [9.17, 15) is 9.59 Å². The zero-order valence-corrected chi connectivity index (χ0v) is 19.8. The van der Waals surface area contributed by atoms with Crippen LogP contribution in [0.5, 0.6) is 0 Å². The summed E-state index contributed by atoms with van der Waals surface area (Å²) >= 11 is 12.1. The summed E-state index contributed by atoms with van der Waals surface area (Å²) < 4.78 is 0. The Hall–Kier alpha value is -1.30. The molecule has 1 aromatic rings. The standard InChI is InChI=1S/C23H33Cl2N3O2/c1-23(2,3)14-22(30)27-10-11-28(18(16-27)15-26-8-4-5-9-26)21(29)13-17-6-7-19(24)20(25)12-17/h6-7,12,18H,4-5,8-11,13-16H2,1-3H3. The highest BCUT2D eigenvalue weighted by Gasteiger charge is 2.34. The molecule has 2 aliphatic rings. The minimum absolute atomic E-state index is 0.0241. The first-order chi connectivity index (χ1) is 14.1. The number of carbonyl (C=O) groups is 2. The SMILES string of the molecule is CC(C)(C)CC(=O)N1CCN(C(=O)Cc2ccc(Cl)c(Cl)c2)C(CN2CCCC2)C1. The number of rotatable bonds is 5. The predicted octanol–water partition coefficient (Wildman–Crippen LogP) is 4.11. The third-order valence-corrected chi connectivity index (χ3v) is 6.58. The zero-order chi connectivity index (χ0) is 21.9. The third-order valence-electron chi connectivity index (χ3n) is 5.84. The van der Waals surface area contributed by atoms with Crippen molar-refractivity contribution >= 4 is 35.0 Å². The summed E-state index contributed by atoms with van der Waals surface area (Å²) in [5.41, 5.74) is 0.822. The fourth-order valence-electron chi connectivity index (χ4n) is 4.32. The minimum Gasteiger partial charge on any atom is -0.339 e. The van der Waals surface area contributed by atoms with Gasteiger partial charge in [-0.3, -0.25) is 9.59 Å². The molecule has 0 aromatic heterocycles. The Morgan fingerprint density at radius 3 is 2.33 bits per heavy atom. The van der Waals surface area contributed by atoms with Crippen molar-refractivity contribution in [3.05, 3.63) is 33.8 Å². The molecule has 1 atom stereocenters. The molecule has 0 N–H and O–H groups in total. The molecule has 0 bridgehead atoms. The summed E-state index contributed by atoms with van der Waals surface area (Å²) in [6.07, 6.45) is 3.23. The highest BCUT2D eigenvalue weighted by molar-refractivity contribution is 6.42. The Bertz CT molecular complexity index is 772. The number of benzene rings is 1. The summed E-state index contributed by atoms with van der Waals surface area (Å²) in [6, 6.07) is 5.37. The molecule has 2 heterocycles. The summed E-state index contributed by atoms with van der Waals surface area (Å²) in [6.45, 7) is 11.0. The highest BCUT2D eigenvalue weighted by Crippen LogP contribution is 2.25. The van der Waals surface area contributed by atoms with E-state index in [-0.39, 0.29) is 23.3 Å². The van der Waals surface area contributed by atoms with Gasteiger partial charge in [-0.1, -0.05) is 50.0 Å². The molecular weight excluding hydrogens is 421 g/mol. The van der Waals surface area contributed by atoms with Crippen molar-refractivity contribution in [2.24, 2.45) is 5.41 Å². The smallest absolute Gasteiger partial charge is 0.227 e. The average Bonchev–Trinajstić information content (AvgIpc) is 3.16. The summed E-state index contributed by atoms with van der Waals surface area (Å²) in [5, 5.41) is 0.957. The van der Waals surface area contributed by atoms with Crippen molar-refractivity contribution in [1.82, 2.24) is 14.7 Å². The molecule has 0 spiro atoms. The molecule has 5 nitrogen and oxygen atoms in total. The Labute approximate surface area is 190 Å². The lowest BCUT2D eigenvalue weighted by Gasteiger charge is -2.43. The van der Waals surface area contributed by atoms with Gasteiger partial charge in [-0.2, -0.15) is 0 Å². The number of carbonyl (C=O) groups excluding carboxylic acids is 2. The van der Waals surface area contributed by atoms with Crippen molar-refractivity contribution < 1.29 is 9.59 Å². The Morgan fingerprint density at radius 1 is 1.00 bits per heavy atom. The maximum atomic E-state index is 13.2. The van der Waals surface area contributed by atoms with E-state index >= 15 is 0 Å². The third kappa shape index (κ3) is 6.35. The van der Waals surface area contributed by atoms with Crippen molar-refractivity contribution in [3.63, 3.8) is 0 Å². The van der Waals surface area contributed by atoms with Gasteiger partial charge < -0.3 is 14.7 Å². The Balaban J connectivity index is 1.70. The van der Waals surface area contributed by atoms with Crippen LogP contribution < -0.4 is 0 Å². The maximum Gasteiger partial charge on any atom is 0.227 e. The van der Waals surface area contributed by atoms with Gasteiger partial charge in [0, 0.05) is 32.6 Å². The van der Waals surface area contributed by atoms with Gasteiger partial charge in [-0.15, -0.1) is 0 Å². The lowest BCUT2D eigenvalue weighted by Crippen LogP contribution is -2.60. The number of hydrogen-bond acceptors (Lipinski definition) is 3. The van der Waals surface area contributed by atoms with Crippen LogP contribution in [0.25, 0.3) is 0 Å². The van der Waals surface area contributed by atoms with Gasteiger partial charge in [-0.25, -0.2) is 0 Å². The largest absolute Gasteiger partial charge is 0.339 e. The van der Waals surface area contributed by atoms with Crippen LogP contribution in [0.2, 0.25) is 10.0 Å². The second-order valence-electron chi connectivity index (χ2n) is 9.75. The molecule has 0 saturated carbocycles. The van der Waals surface area contributed by atoms with E-state index in [4.69, 9.17) is 23.2 Å². The van der Waals surface area contributed by atoms with Crippen LogP contribution in [0, 0.1) is 5.41 Å². The van der Waals surface area contributed by atoms with Crippen LogP contribution in [-0.4, -0.2) is 71.8 Å². The minimum atomic E-state index is -0.0393. The Morgan fingerprint density at radius 2 is 1.70 bits per heavy atom. The highest BCUT2D eigenvalue weighted by atomic mass is 35.5. The van der Waals surface area contributed by atoms with E-state index in [1.807, 2.05) is 15.9 Å². The second-order valence-corrected chi connectivity index (χ2v) is 10.6. The van der Waals surface area contributed by atoms with Crippen molar-refractivity contribution in [3.8, 4) is 0 Å². The van der Waals surface area contributed by atoms with Gasteiger partial charge in [-0.05, 0) is 49.0 Å². The van der Waals surface area contributed by atoms with Crippen molar-refractivity contribution in [2.75, 3.05) is 39.3 Å². The van der Waals surface area contributed by atoms with E-state index in [0.29, 0.717) is 42.5 Å². The fraction of sp³-hybridized carbons (Fsp3) is 0.652. The molecule has 0 aliphatic carbocycles. The zero-order valence-electron chi connectivity index (χ0n) is 18.3. The number of halogens is 2. The van der Waals surface area contributed by atoms with Gasteiger partial charge in [0.25, 0.3) is 0 Å². The van der Waals surface area contributed by atoms with Gasteiger partial charge in [0.1, 0.15) is 0 Å². The maximum absolute atomic E-state index is 13.2. The van der Waals surface area contributed by atoms with Gasteiger partial charge in [0.05, 0.1) is 22.5 Å². The van der Waals surface area contributed by atoms with E-state index < -0.39 is 0 Å². The van der Waals surface area contributed by atoms with E-state index in [1.165, 1.54) is 12.8 Å². The first kappa shape index (κ1) is 23.4. The number of likely N-dealkylation sites (tertiary alicyclic amines) is 1. The van der Waals surface area contributed by atoms with Crippen LogP contribution in [0.4, 0.5) is 0 Å². The van der Waals surface area contributed by atoms with Gasteiger partial charge in [0.2, 0.25) is 11.8 Å². The summed E-state index contributed by atoms with van der Waals surface area (Å²) in [5.74, 6) is 0.269. The average molecular weight is 454 g/mol. The Kier molecular flexibility index (Phi) is 7.70. The fourth-order valence-corrected chi connectivity index (χ4v) is 4.64. The lowest BCUT2D eigenvalue weighted by atomic mass is 9.91. The monoisotopic (exact) mass is 453 g/mol. The van der Waals surface area contributed by atoms with E-state index in [0.717, 1.165) is 25.2 Å². The molecule has 1 unspecified atom stereocenters. The molecule has 3 rings (SSSR count). The van der Waals surface area contributed by atoms with Gasteiger partial charge in [0.15, 0.2) is 0 Å². The van der Waals surface area contributed by atoms with Crippen LogP contribution in [-0.2, 0) is 16.0 Å². The normalized spacial score (nSPS) is 20.6. The second kappa shape index (κ2) is 9.88. The van der Waals surface area contributed by atoms with Crippen LogP contribution >= 0.6 is 23.2 Å². The number of amides is 2. The topological polar surface area (TPSA) is 43.9 Å². The molecule has 1 aromatic carbocycles. The molecular formula is C23H33Cl2N3O2. The van der Waals surface area contributed by atoms with Crippen molar-refractivity contribution in [1.29, 1.82) is 0 Å². The molecule has 2 saturated heterocycles. The first-order valence-corrected chi connectivity index (χ1v) is 11.6. The molecule has 0 radical (unpaired) electrons. The molecule has 30 heavy (non-hydrogen) atoms. The number of piperazine rings is 1. The molecule has 2 aliphatic heterocycles. The number of nitrogens with zero attached hydrogens (tertiary/aromatic N) is 3.